The summed E-state index contributed by atoms with van der Waals surface area (Å²) < 4.78 is 10.3. The summed E-state index contributed by atoms with van der Waals surface area (Å²) in [6.07, 6.45) is 1.20. The lowest BCUT2D eigenvalue weighted by Crippen LogP contribution is -2.27. The maximum atomic E-state index is 12.4. The molecule has 3 aromatic rings. The molecule has 154 valence electrons. The summed E-state index contributed by atoms with van der Waals surface area (Å²) in [5.41, 5.74) is 1.99. The summed E-state index contributed by atoms with van der Waals surface area (Å²) in [5.74, 6) is 0.613. The van der Waals surface area contributed by atoms with E-state index < -0.39 is 11.8 Å². The van der Waals surface area contributed by atoms with Crippen molar-refractivity contribution in [1.29, 1.82) is 0 Å². The molecule has 3 rings (SSSR count). The Labute approximate surface area is 174 Å². The Balaban J connectivity index is 1.59. The zero-order valence-corrected chi connectivity index (χ0v) is 16.7. The highest BCUT2D eigenvalue weighted by molar-refractivity contribution is 5.97. The van der Waals surface area contributed by atoms with E-state index in [2.05, 4.69) is 20.6 Å². The molecule has 0 aliphatic carbocycles. The minimum Gasteiger partial charge on any atom is -0.497 e. The van der Waals surface area contributed by atoms with Gasteiger partial charge in [-0.15, -0.1) is 0 Å². The lowest BCUT2D eigenvalue weighted by molar-refractivity contribution is 0.0944. The highest BCUT2D eigenvalue weighted by Gasteiger charge is 2.13. The molecule has 2 aromatic carbocycles. The van der Waals surface area contributed by atoms with E-state index in [-0.39, 0.29) is 11.4 Å². The van der Waals surface area contributed by atoms with Gasteiger partial charge in [0.1, 0.15) is 29.2 Å². The van der Waals surface area contributed by atoms with Crippen molar-refractivity contribution in [3.05, 3.63) is 83.4 Å². The van der Waals surface area contributed by atoms with Crippen LogP contribution in [0.25, 0.3) is 0 Å². The molecule has 0 bridgehead atoms. The number of hydrogen-bond acceptors (Lipinski definition) is 6. The molecular formula is C22H22N4O4. The summed E-state index contributed by atoms with van der Waals surface area (Å²) in [7, 11) is 3.17. The smallest absolute Gasteiger partial charge is 0.270 e. The van der Waals surface area contributed by atoms with Crippen LogP contribution >= 0.6 is 0 Å². The maximum Gasteiger partial charge on any atom is 0.270 e. The number of nitrogens with one attached hydrogen (secondary N) is 2. The van der Waals surface area contributed by atoms with E-state index >= 15 is 0 Å². The summed E-state index contributed by atoms with van der Waals surface area (Å²) in [6.45, 7) is 0.606. The SMILES string of the molecule is COc1cccc(CNC(=O)c2cc(C(=O)NCc3cccc(OC)c3)ncn2)c1. The van der Waals surface area contributed by atoms with Crippen LogP contribution in [0.3, 0.4) is 0 Å². The van der Waals surface area contributed by atoms with E-state index in [1.807, 2.05) is 48.5 Å². The zero-order valence-electron chi connectivity index (χ0n) is 16.7. The molecule has 1 heterocycles. The van der Waals surface area contributed by atoms with Gasteiger partial charge in [-0.1, -0.05) is 24.3 Å². The standard InChI is InChI=1S/C22H22N4O4/c1-29-17-7-3-5-15(9-17)12-23-21(27)19-11-20(26-14-25-19)22(28)24-13-16-6-4-8-18(10-16)30-2/h3-11,14H,12-13H2,1-2H3,(H,23,27)(H,24,28). The first-order chi connectivity index (χ1) is 14.6. The Bertz CT molecular complexity index is 960. The predicted molar refractivity (Wildman–Crippen MR) is 110 cm³/mol. The van der Waals surface area contributed by atoms with Crippen LogP contribution < -0.4 is 20.1 Å². The van der Waals surface area contributed by atoms with E-state index in [9.17, 15) is 9.59 Å². The summed E-state index contributed by atoms with van der Waals surface area (Å²) in [6, 6.07) is 16.1. The van der Waals surface area contributed by atoms with Crippen LogP contribution in [-0.4, -0.2) is 36.0 Å². The quantitative estimate of drug-likeness (QED) is 0.595. The average Bonchev–Trinajstić information content (AvgIpc) is 2.81. The van der Waals surface area contributed by atoms with Crippen molar-refractivity contribution in [3.8, 4) is 11.5 Å². The number of hydrogen-bond donors (Lipinski definition) is 2. The van der Waals surface area contributed by atoms with Crippen LogP contribution in [0.15, 0.2) is 60.9 Å². The Kier molecular flexibility index (Phi) is 6.94. The van der Waals surface area contributed by atoms with Gasteiger partial charge in [-0.2, -0.15) is 0 Å². The molecule has 0 radical (unpaired) electrons. The van der Waals surface area contributed by atoms with Crippen molar-refractivity contribution in [2.45, 2.75) is 13.1 Å². The van der Waals surface area contributed by atoms with Gasteiger partial charge in [0.15, 0.2) is 0 Å². The molecule has 0 saturated heterocycles. The Morgan fingerprint density at radius 3 is 1.67 bits per heavy atom. The Morgan fingerprint density at radius 1 is 0.767 bits per heavy atom. The number of rotatable bonds is 8. The minimum atomic E-state index is -0.401. The van der Waals surface area contributed by atoms with Gasteiger partial charge < -0.3 is 20.1 Å². The summed E-state index contributed by atoms with van der Waals surface area (Å²) >= 11 is 0. The van der Waals surface area contributed by atoms with E-state index in [1.165, 1.54) is 12.4 Å². The topological polar surface area (TPSA) is 102 Å². The second-order valence-corrected chi connectivity index (χ2v) is 6.36. The molecule has 1 aromatic heterocycles. The molecule has 0 atom stereocenters. The van der Waals surface area contributed by atoms with Crippen molar-refractivity contribution < 1.29 is 19.1 Å². The average molecular weight is 406 g/mol. The largest absolute Gasteiger partial charge is 0.497 e. The van der Waals surface area contributed by atoms with Crippen LogP contribution in [0.4, 0.5) is 0 Å². The van der Waals surface area contributed by atoms with Crippen LogP contribution in [0, 0.1) is 0 Å². The first-order valence-electron chi connectivity index (χ1n) is 9.23. The Hall–Kier alpha value is -3.94. The van der Waals surface area contributed by atoms with Crippen molar-refractivity contribution in [1.82, 2.24) is 20.6 Å². The lowest BCUT2D eigenvalue weighted by atomic mass is 10.2. The molecular weight excluding hydrogens is 384 g/mol. The molecule has 8 nitrogen and oxygen atoms in total. The van der Waals surface area contributed by atoms with Gasteiger partial charge >= 0.3 is 0 Å². The third-order valence-corrected chi connectivity index (χ3v) is 4.31. The molecule has 0 aliphatic heterocycles. The van der Waals surface area contributed by atoms with Crippen LogP contribution in [-0.2, 0) is 13.1 Å². The number of carbonyl (C=O) groups excluding carboxylic acids is 2. The van der Waals surface area contributed by atoms with E-state index in [0.717, 1.165) is 11.1 Å². The number of methoxy groups -OCH3 is 2. The maximum absolute atomic E-state index is 12.4. The number of carbonyl (C=O) groups is 2. The van der Waals surface area contributed by atoms with Gasteiger partial charge in [-0.3, -0.25) is 9.59 Å². The van der Waals surface area contributed by atoms with E-state index in [4.69, 9.17) is 9.47 Å². The lowest BCUT2D eigenvalue weighted by Gasteiger charge is -2.08. The van der Waals surface area contributed by atoms with Crippen LogP contribution in [0.2, 0.25) is 0 Å². The van der Waals surface area contributed by atoms with E-state index in [0.29, 0.717) is 24.6 Å². The first-order valence-corrected chi connectivity index (χ1v) is 9.23. The fourth-order valence-electron chi connectivity index (χ4n) is 2.72. The minimum absolute atomic E-state index is 0.111. The van der Waals surface area contributed by atoms with Crippen molar-refractivity contribution in [3.63, 3.8) is 0 Å². The molecule has 0 spiro atoms. The van der Waals surface area contributed by atoms with Gasteiger partial charge in [-0.25, -0.2) is 9.97 Å². The summed E-state index contributed by atoms with van der Waals surface area (Å²) in [5, 5.41) is 5.55. The first kappa shape index (κ1) is 20.8. The van der Waals surface area contributed by atoms with Gasteiger partial charge in [0.2, 0.25) is 0 Å². The molecule has 0 unspecified atom stereocenters. The van der Waals surface area contributed by atoms with Crippen LogP contribution in [0.1, 0.15) is 32.1 Å². The number of aromatic nitrogens is 2. The molecule has 30 heavy (non-hydrogen) atoms. The number of ether oxygens (including phenoxy) is 2. The second-order valence-electron chi connectivity index (χ2n) is 6.36. The molecule has 2 amide bonds. The van der Waals surface area contributed by atoms with Crippen molar-refractivity contribution in [2.75, 3.05) is 14.2 Å². The second kappa shape index (κ2) is 10.0. The molecule has 0 aliphatic rings. The fraction of sp³-hybridized carbons (Fsp3) is 0.182. The van der Waals surface area contributed by atoms with Crippen molar-refractivity contribution >= 4 is 11.8 Å². The van der Waals surface area contributed by atoms with Crippen molar-refractivity contribution in [2.24, 2.45) is 0 Å². The Morgan fingerprint density at radius 2 is 1.23 bits per heavy atom. The summed E-state index contributed by atoms with van der Waals surface area (Å²) in [4.78, 5) is 32.8. The van der Waals surface area contributed by atoms with Crippen LogP contribution in [0.5, 0.6) is 11.5 Å². The van der Waals surface area contributed by atoms with Gasteiger partial charge in [0.05, 0.1) is 14.2 Å². The molecule has 8 heteroatoms. The zero-order chi connectivity index (χ0) is 21.3. The molecule has 2 N–H and O–H groups in total. The number of nitrogens with zero attached hydrogens (tertiary/aromatic N) is 2. The van der Waals surface area contributed by atoms with Gasteiger partial charge in [0, 0.05) is 19.2 Å². The molecule has 0 fully saturated rings. The third-order valence-electron chi connectivity index (χ3n) is 4.31. The predicted octanol–water partition coefficient (Wildman–Crippen LogP) is 2.35. The van der Waals surface area contributed by atoms with Gasteiger partial charge in [-0.05, 0) is 35.4 Å². The number of amides is 2. The fourth-order valence-corrected chi connectivity index (χ4v) is 2.72. The molecule has 0 saturated carbocycles. The highest BCUT2D eigenvalue weighted by Crippen LogP contribution is 2.13. The monoisotopic (exact) mass is 406 g/mol. The third kappa shape index (κ3) is 5.54. The van der Waals surface area contributed by atoms with Gasteiger partial charge in [0.25, 0.3) is 11.8 Å². The highest BCUT2D eigenvalue weighted by atomic mass is 16.5. The normalized spacial score (nSPS) is 10.2. The van der Waals surface area contributed by atoms with E-state index in [1.54, 1.807) is 14.2 Å². The number of benzene rings is 2.